The van der Waals surface area contributed by atoms with Gasteiger partial charge in [-0.3, -0.25) is 38.1 Å². The summed E-state index contributed by atoms with van der Waals surface area (Å²) in [5.41, 5.74) is 15.9. The molecular formula is C54H56Cl2F2N14O7. The highest BCUT2D eigenvalue weighted by Gasteiger charge is 2.24. The third-order valence-electron chi connectivity index (χ3n) is 11.7. The van der Waals surface area contributed by atoms with E-state index in [1.807, 2.05) is 19.9 Å². The molecule has 412 valence electrons. The Balaban J connectivity index is 0.000000212. The highest BCUT2D eigenvalue weighted by atomic mass is 35.5. The number of nitrogens with zero attached hydrogens (tertiary/aromatic N) is 9. The van der Waals surface area contributed by atoms with E-state index in [1.54, 1.807) is 87.2 Å². The maximum absolute atomic E-state index is 14.1. The number of aromatic nitrogens is 8. The molecule has 8 rings (SSSR count). The topological polar surface area (TPSA) is 301 Å². The van der Waals surface area contributed by atoms with Crippen LogP contribution in [0.1, 0.15) is 77.3 Å². The molecule has 4 aromatic heterocycles. The van der Waals surface area contributed by atoms with Crippen LogP contribution in [0.15, 0.2) is 110 Å². The molecule has 0 saturated heterocycles. The molecule has 8 aromatic rings. The van der Waals surface area contributed by atoms with Crippen LogP contribution in [0.5, 0.6) is 0 Å². The Bertz CT molecular complexity index is 3470. The number of amides is 4. The maximum atomic E-state index is 14.1. The zero-order valence-corrected chi connectivity index (χ0v) is 44.8. The number of nitrogens with two attached hydrogens (primary N) is 2. The Morgan fingerprint density at radius 2 is 1.25 bits per heavy atom. The summed E-state index contributed by atoms with van der Waals surface area (Å²) < 4.78 is 30.3. The Kier molecular flexibility index (Phi) is 21.1. The summed E-state index contributed by atoms with van der Waals surface area (Å²) in [5.74, 6) is -4.30. The number of aryl methyl sites for hydroxylation is 1. The van der Waals surface area contributed by atoms with Crippen LogP contribution in [0.4, 0.5) is 20.2 Å². The highest BCUT2D eigenvalue weighted by Crippen LogP contribution is 2.26. The van der Waals surface area contributed by atoms with Gasteiger partial charge in [0.15, 0.2) is 11.4 Å². The lowest BCUT2D eigenvalue weighted by molar-refractivity contribution is -0.138. The molecular weight excluding hydrogens is 1070 g/mol. The van der Waals surface area contributed by atoms with Gasteiger partial charge in [-0.15, -0.1) is 0 Å². The molecule has 8 N–H and O–H groups in total. The molecule has 0 saturated carbocycles. The molecule has 0 atom stereocenters. The van der Waals surface area contributed by atoms with Crippen LogP contribution >= 0.6 is 23.2 Å². The summed E-state index contributed by atoms with van der Waals surface area (Å²) in [7, 11) is 0. The predicted octanol–water partition coefficient (Wildman–Crippen LogP) is 6.59. The smallest absolute Gasteiger partial charge is 0.325 e. The number of ketones is 1. The molecule has 0 aliphatic rings. The number of fused-ring (bicyclic) bond motifs is 2. The number of rotatable bonds is 21. The molecule has 0 aliphatic heterocycles. The van der Waals surface area contributed by atoms with Crippen molar-refractivity contribution < 1.29 is 42.7 Å². The molecule has 0 radical (unpaired) electrons. The van der Waals surface area contributed by atoms with E-state index in [9.17, 15) is 37.5 Å². The summed E-state index contributed by atoms with van der Waals surface area (Å²) in [6, 6.07) is 19.9. The van der Waals surface area contributed by atoms with E-state index in [1.165, 1.54) is 45.1 Å². The van der Waals surface area contributed by atoms with Gasteiger partial charge >= 0.3 is 5.97 Å². The molecule has 25 heteroatoms. The Morgan fingerprint density at radius 3 is 1.84 bits per heavy atom. The summed E-state index contributed by atoms with van der Waals surface area (Å²) in [6.45, 7) is 6.94. The van der Waals surface area contributed by atoms with E-state index >= 15 is 0 Å². The van der Waals surface area contributed by atoms with Gasteiger partial charge in [0.25, 0.3) is 11.8 Å². The van der Waals surface area contributed by atoms with Gasteiger partial charge in [0.2, 0.25) is 11.8 Å². The molecule has 0 aliphatic carbocycles. The minimum Gasteiger partial charge on any atom is -0.480 e. The lowest BCUT2D eigenvalue weighted by atomic mass is 10.0. The normalized spacial score (nSPS) is 10.9. The first-order valence-electron chi connectivity index (χ1n) is 24.4. The van der Waals surface area contributed by atoms with Crippen molar-refractivity contribution in [2.45, 2.75) is 78.7 Å². The third-order valence-corrected chi connectivity index (χ3v) is 12.2. The van der Waals surface area contributed by atoms with Crippen LogP contribution < -0.4 is 27.4 Å². The number of halogens is 4. The van der Waals surface area contributed by atoms with Crippen LogP contribution in [-0.4, -0.2) is 110 Å². The van der Waals surface area contributed by atoms with Gasteiger partial charge in [-0.25, -0.2) is 28.7 Å². The fourth-order valence-electron chi connectivity index (χ4n) is 7.80. The first-order valence-corrected chi connectivity index (χ1v) is 25.2. The number of carbonyl (C=O) groups excluding carboxylic acids is 5. The first-order chi connectivity index (χ1) is 37.7. The number of nitrogens with one attached hydrogen (secondary N) is 3. The Hall–Kier alpha value is -8.80. The fourth-order valence-corrected chi connectivity index (χ4v) is 8.19. The minimum atomic E-state index is -1.06. The molecule has 79 heavy (non-hydrogen) atoms. The van der Waals surface area contributed by atoms with Gasteiger partial charge in [0.1, 0.15) is 43.2 Å². The molecule has 0 fully saturated rings. The van der Waals surface area contributed by atoms with Crippen molar-refractivity contribution in [1.82, 2.24) is 55.0 Å². The third kappa shape index (κ3) is 16.8. The van der Waals surface area contributed by atoms with Gasteiger partial charge in [0.05, 0.1) is 52.2 Å². The van der Waals surface area contributed by atoms with Crippen molar-refractivity contribution in [2.24, 2.45) is 11.5 Å². The second-order valence-corrected chi connectivity index (χ2v) is 19.1. The van der Waals surface area contributed by atoms with E-state index in [2.05, 4.69) is 46.1 Å². The monoisotopic (exact) mass is 1120 g/mol. The van der Waals surface area contributed by atoms with E-state index in [0.717, 1.165) is 11.1 Å². The van der Waals surface area contributed by atoms with Gasteiger partial charge in [0, 0.05) is 65.9 Å². The van der Waals surface area contributed by atoms with E-state index in [-0.39, 0.29) is 76.9 Å². The summed E-state index contributed by atoms with van der Waals surface area (Å²) in [4.78, 5) is 89.2. The number of hydrogen-bond donors (Lipinski definition) is 6. The number of carboxylic acids is 1. The Morgan fingerprint density at radius 1 is 0.696 bits per heavy atom. The number of Topliss-reactive ketones (excluding diaryl/α,β-unsaturated/α-hetero) is 1. The summed E-state index contributed by atoms with van der Waals surface area (Å²) >= 11 is 11.5. The summed E-state index contributed by atoms with van der Waals surface area (Å²) in [6.07, 6.45) is 10.7. The van der Waals surface area contributed by atoms with E-state index < -0.39 is 35.3 Å². The average Bonchev–Trinajstić information content (AvgIpc) is 4.11. The fraction of sp³-hybridized carbons (Fsp3) is 0.259. The average molecular weight is 1120 g/mol. The summed E-state index contributed by atoms with van der Waals surface area (Å²) in [5, 5.41) is 27.0. The molecule has 21 nitrogen and oxygen atoms in total. The second kappa shape index (κ2) is 28.0. The number of carboxylic acid groups (broad SMARTS) is 1. The molecule has 4 heterocycles. The molecule has 4 aromatic carbocycles. The number of hydrogen-bond acceptors (Lipinski definition) is 14. The molecule has 0 bridgehead atoms. The van der Waals surface area contributed by atoms with Gasteiger partial charge in [-0.1, -0.05) is 67.4 Å². The van der Waals surface area contributed by atoms with Gasteiger partial charge < -0.3 is 37.4 Å². The number of benzene rings is 4. The van der Waals surface area contributed by atoms with Crippen molar-refractivity contribution in [3.8, 4) is 0 Å². The predicted molar refractivity (Wildman–Crippen MR) is 292 cm³/mol. The van der Waals surface area contributed by atoms with Crippen molar-refractivity contribution in [3.05, 3.63) is 166 Å². The number of anilines is 2. The quantitative estimate of drug-likeness (QED) is 0.0442. The SMILES string of the molecule is CC(C)N(CC(=O)NCc1cccc(Cl)c1F)C(=O)Cn1nc(C(N)=O)c2cc(Cc3cncnc3)ccc21.CC(C)NCC(=O)CCc1cccc(Cl)c1F.NC(=O)c1nn(CC(=O)O)c2ccc(Nc3cncnc3)cc12. The number of primary amides is 2. The van der Waals surface area contributed by atoms with Crippen LogP contribution in [0.25, 0.3) is 21.8 Å². The number of carbonyl (C=O) groups is 6. The lowest BCUT2D eigenvalue weighted by Crippen LogP contribution is -2.45. The lowest BCUT2D eigenvalue weighted by Gasteiger charge is -2.26. The van der Waals surface area contributed by atoms with Crippen molar-refractivity contribution in [1.29, 1.82) is 0 Å². The molecule has 0 unspecified atom stereocenters. The minimum absolute atomic E-state index is 0.0224. The van der Waals surface area contributed by atoms with Crippen molar-refractivity contribution >= 4 is 91.8 Å². The Labute approximate surface area is 461 Å². The van der Waals surface area contributed by atoms with Gasteiger partial charge in [-0.2, -0.15) is 10.2 Å². The van der Waals surface area contributed by atoms with Crippen molar-refractivity contribution in [3.63, 3.8) is 0 Å². The standard InChI is InChI=1S/C27H27ClFN7O3.C14H12N6O3.C13H17ClFNO/c1-16(2)35(13-23(37)33-12-19-4-3-5-21(28)25(19)29)24(38)14-36-22-7-6-17(8-18-10-31-15-32-11-18)9-20(22)26(34-36)27(30)39;15-14(23)13-10-3-8(18-9-4-16-7-17-5-9)1-2-11(10)20(19-13)6-12(21)22;1-9(2)16-8-11(17)7-6-10-4-3-5-12(14)13(10)15/h3-7,9-11,15-16H,8,12-14H2,1-2H3,(H2,30,39)(H,33,37);1-5,7,18H,6H2,(H2,15,23)(H,21,22);3-5,9,16H,6-8H2,1-2H3. The van der Waals surface area contributed by atoms with Crippen LogP contribution in [-0.2, 0) is 51.7 Å². The maximum Gasteiger partial charge on any atom is 0.325 e. The van der Waals surface area contributed by atoms with Crippen LogP contribution in [0, 0.1) is 11.6 Å². The zero-order chi connectivity index (χ0) is 57.3. The highest BCUT2D eigenvalue weighted by molar-refractivity contribution is 6.31. The molecule has 4 amide bonds. The van der Waals surface area contributed by atoms with Crippen molar-refractivity contribution in [2.75, 3.05) is 18.4 Å². The second-order valence-electron chi connectivity index (χ2n) is 18.3. The zero-order valence-electron chi connectivity index (χ0n) is 43.3. The first kappa shape index (κ1) is 59.4. The number of aliphatic carboxylic acids is 1. The van der Waals surface area contributed by atoms with E-state index in [4.69, 9.17) is 39.8 Å². The molecule has 0 spiro atoms. The van der Waals surface area contributed by atoms with Crippen LogP contribution in [0.2, 0.25) is 10.0 Å². The largest absolute Gasteiger partial charge is 0.480 e. The van der Waals surface area contributed by atoms with Gasteiger partial charge in [-0.05, 0) is 79.4 Å². The van der Waals surface area contributed by atoms with Crippen LogP contribution in [0.3, 0.4) is 0 Å². The van der Waals surface area contributed by atoms with E-state index in [0.29, 0.717) is 64.6 Å².